The zero-order valence-corrected chi connectivity index (χ0v) is 11.5. The fourth-order valence-electron chi connectivity index (χ4n) is 2.19. The van der Waals surface area contributed by atoms with E-state index >= 15 is 0 Å². The monoisotopic (exact) mass is 305 g/mol. The van der Waals surface area contributed by atoms with E-state index in [1.807, 2.05) is 0 Å². The van der Waals surface area contributed by atoms with Gasteiger partial charge in [0.25, 0.3) is 5.91 Å². The van der Waals surface area contributed by atoms with Gasteiger partial charge < -0.3 is 14.4 Å². The van der Waals surface area contributed by atoms with Crippen LogP contribution in [0.2, 0.25) is 0 Å². The Hall–Kier alpha value is -2.06. The van der Waals surface area contributed by atoms with Crippen LogP contribution in [0.1, 0.15) is 23.5 Å². The highest BCUT2D eigenvalue weighted by atomic mass is 19.4. The first-order chi connectivity index (χ1) is 9.86. The number of ether oxygens (including phenoxy) is 2. The normalized spacial score (nSPS) is 18.7. The summed E-state index contributed by atoms with van der Waals surface area (Å²) in [6.45, 7) is 0.0197. The van der Waals surface area contributed by atoms with Crippen LogP contribution in [0.15, 0.2) is 6.07 Å². The number of carbonyl (C=O) groups is 1. The molecular weight excluding hydrogens is 291 g/mol. The number of aromatic nitrogens is 2. The molecule has 116 valence electrons. The highest BCUT2D eigenvalue weighted by Crippen LogP contribution is 2.33. The maximum atomic E-state index is 12.9. The second-order valence-corrected chi connectivity index (χ2v) is 4.47. The number of alkyl halides is 3. The third kappa shape index (κ3) is 3.17. The number of rotatable bonds is 3. The summed E-state index contributed by atoms with van der Waals surface area (Å²) in [5, 5.41) is 0. The lowest BCUT2D eigenvalue weighted by Gasteiger charge is -2.25. The lowest BCUT2D eigenvalue weighted by molar-refractivity contribution is -0.169. The maximum absolute atomic E-state index is 12.9. The molecule has 1 atom stereocenters. The SMILES string of the molecule is COc1cc(OC)nc(C(=O)N2CCC[C@H]2C(F)(F)F)n1. The van der Waals surface area contributed by atoms with Gasteiger partial charge >= 0.3 is 6.18 Å². The average Bonchev–Trinajstić information content (AvgIpc) is 2.95. The molecule has 0 N–H and O–H groups in total. The standard InChI is InChI=1S/C12H14F3N3O3/c1-20-8-6-9(21-2)17-10(16-8)11(19)18-5-3-4-7(18)12(13,14)15/h6-7H,3-5H2,1-2H3/t7-/m0/s1. The molecule has 0 radical (unpaired) electrons. The predicted octanol–water partition coefficient (Wildman–Crippen LogP) is 1.66. The number of hydrogen-bond donors (Lipinski definition) is 0. The molecule has 0 aromatic carbocycles. The summed E-state index contributed by atoms with van der Waals surface area (Å²) in [6.07, 6.45) is -4.29. The van der Waals surface area contributed by atoms with Crippen LogP contribution in [0.3, 0.4) is 0 Å². The van der Waals surface area contributed by atoms with Gasteiger partial charge in [-0.2, -0.15) is 23.1 Å². The zero-order chi connectivity index (χ0) is 15.6. The fraction of sp³-hybridized carbons (Fsp3) is 0.583. The van der Waals surface area contributed by atoms with Gasteiger partial charge in [-0.05, 0) is 12.8 Å². The largest absolute Gasteiger partial charge is 0.481 e. The summed E-state index contributed by atoms with van der Waals surface area (Å²) in [5.74, 6) is -1.16. The molecule has 1 aliphatic rings. The first kappa shape index (κ1) is 15.3. The first-order valence-electron chi connectivity index (χ1n) is 6.21. The van der Waals surface area contributed by atoms with Crippen molar-refractivity contribution in [3.63, 3.8) is 0 Å². The highest BCUT2D eigenvalue weighted by molar-refractivity contribution is 5.91. The van der Waals surface area contributed by atoms with Gasteiger partial charge in [-0.1, -0.05) is 0 Å². The summed E-state index contributed by atoms with van der Waals surface area (Å²) < 4.78 is 48.4. The van der Waals surface area contributed by atoms with Crippen molar-refractivity contribution in [1.29, 1.82) is 0 Å². The van der Waals surface area contributed by atoms with Crippen molar-refractivity contribution in [2.75, 3.05) is 20.8 Å². The molecule has 6 nitrogen and oxygen atoms in total. The minimum atomic E-state index is -4.46. The average molecular weight is 305 g/mol. The Kier molecular flexibility index (Phi) is 4.19. The van der Waals surface area contributed by atoms with Crippen molar-refractivity contribution in [2.24, 2.45) is 0 Å². The Bertz CT molecular complexity index is 514. The number of likely N-dealkylation sites (tertiary alicyclic amines) is 1. The molecule has 1 aromatic rings. The molecule has 1 fully saturated rings. The second-order valence-electron chi connectivity index (χ2n) is 4.47. The first-order valence-corrected chi connectivity index (χ1v) is 6.21. The van der Waals surface area contributed by atoms with Gasteiger partial charge in [-0.25, -0.2) is 0 Å². The molecule has 1 amide bonds. The molecule has 9 heteroatoms. The van der Waals surface area contributed by atoms with E-state index in [1.54, 1.807) is 0 Å². The molecule has 2 rings (SSSR count). The van der Waals surface area contributed by atoms with E-state index in [2.05, 4.69) is 9.97 Å². The van der Waals surface area contributed by atoms with Crippen molar-refractivity contribution in [1.82, 2.24) is 14.9 Å². The number of hydrogen-bond acceptors (Lipinski definition) is 5. The number of methoxy groups -OCH3 is 2. The summed E-state index contributed by atoms with van der Waals surface area (Å²) in [7, 11) is 2.65. The predicted molar refractivity (Wildman–Crippen MR) is 65.2 cm³/mol. The number of nitrogens with zero attached hydrogens (tertiary/aromatic N) is 3. The van der Waals surface area contributed by atoms with Gasteiger partial charge in [-0.3, -0.25) is 4.79 Å². The van der Waals surface area contributed by atoms with E-state index < -0.39 is 18.1 Å². The van der Waals surface area contributed by atoms with Crippen LogP contribution in [0, 0.1) is 0 Å². The lowest BCUT2D eigenvalue weighted by Crippen LogP contribution is -2.45. The van der Waals surface area contributed by atoms with Crippen LogP contribution in [-0.2, 0) is 0 Å². The topological polar surface area (TPSA) is 64.6 Å². The van der Waals surface area contributed by atoms with Gasteiger partial charge in [0.1, 0.15) is 6.04 Å². The van der Waals surface area contributed by atoms with Crippen molar-refractivity contribution >= 4 is 5.91 Å². The lowest BCUT2D eigenvalue weighted by atomic mass is 10.2. The molecule has 0 bridgehead atoms. The van der Waals surface area contributed by atoms with Crippen molar-refractivity contribution in [2.45, 2.75) is 25.1 Å². The van der Waals surface area contributed by atoms with Crippen LogP contribution >= 0.6 is 0 Å². The summed E-state index contributed by atoms with van der Waals surface area (Å²) in [4.78, 5) is 20.6. The number of carbonyl (C=O) groups excluding carboxylic acids is 1. The van der Waals surface area contributed by atoms with E-state index in [-0.39, 0.29) is 37.0 Å². The Morgan fingerprint density at radius 1 is 1.29 bits per heavy atom. The third-order valence-electron chi connectivity index (χ3n) is 3.18. The fourth-order valence-corrected chi connectivity index (χ4v) is 2.19. The Labute approximate surface area is 118 Å². The van der Waals surface area contributed by atoms with E-state index in [0.717, 1.165) is 4.90 Å². The molecule has 2 heterocycles. The van der Waals surface area contributed by atoms with Crippen LogP contribution in [0.4, 0.5) is 13.2 Å². The van der Waals surface area contributed by atoms with Crippen LogP contribution in [-0.4, -0.2) is 53.8 Å². The van der Waals surface area contributed by atoms with Crippen LogP contribution in [0.25, 0.3) is 0 Å². The zero-order valence-electron chi connectivity index (χ0n) is 11.5. The maximum Gasteiger partial charge on any atom is 0.408 e. The van der Waals surface area contributed by atoms with Gasteiger partial charge in [0.05, 0.1) is 20.3 Å². The second kappa shape index (κ2) is 5.74. The molecule has 0 spiro atoms. The molecule has 1 aliphatic heterocycles. The van der Waals surface area contributed by atoms with E-state index in [9.17, 15) is 18.0 Å². The smallest absolute Gasteiger partial charge is 0.408 e. The van der Waals surface area contributed by atoms with E-state index in [0.29, 0.717) is 0 Å². The minimum Gasteiger partial charge on any atom is -0.481 e. The summed E-state index contributed by atoms with van der Waals surface area (Å²) >= 11 is 0. The van der Waals surface area contributed by atoms with Gasteiger partial charge in [0, 0.05) is 6.54 Å². The Balaban J connectivity index is 2.31. The third-order valence-corrected chi connectivity index (χ3v) is 3.18. The van der Waals surface area contributed by atoms with Gasteiger partial charge in [0.15, 0.2) is 0 Å². The number of amides is 1. The quantitative estimate of drug-likeness (QED) is 0.850. The van der Waals surface area contributed by atoms with Crippen molar-refractivity contribution < 1.29 is 27.4 Å². The molecule has 0 aliphatic carbocycles. The van der Waals surface area contributed by atoms with Crippen molar-refractivity contribution in [3.05, 3.63) is 11.9 Å². The van der Waals surface area contributed by atoms with Gasteiger partial charge in [0.2, 0.25) is 17.6 Å². The molecule has 21 heavy (non-hydrogen) atoms. The molecular formula is C12H14F3N3O3. The molecule has 1 aromatic heterocycles. The van der Waals surface area contributed by atoms with Crippen LogP contribution in [0.5, 0.6) is 11.8 Å². The van der Waals surface area contributed by atoms with Crippen molar-refractivity contribution in [3.8, 4) is 11.8 Å². The van der Waals surface area contributed by atoms with Crippen LogP contribution < -0.4 is 9.47 Å². The number of halogens is 3. The Morgan fingerprint density at radius 3 is 2.33 bits per heavy atom. The molecule has 0 unspecified atom stereocenters. The Morgan fingerprint density at radius 2 is 1.86 bits per heavy atom. The van der Waals surface area contributed by atoms with E-state index in [4.69, 9.17) is 9.47 Å². The molecule has 1 saturated heterocycles. The summed E-state index contributed by atoms with van der Waals surface area (Å²) in [6, 6.07) is -0.465. The van der Waals surface area contributed by atoms with Gasteiger partial charge in [-0.15, -0.1) is 0 Å². The molecule has 0 saturated carbocycles. The van der Waals surface area contributed by atoms with E-state index in [1.165, 1.54) is 20.3 Å². The minimum absolute atomic E-state index is 0.0197. The highest BCUT2D eigenvalue weighted by Gasteiger charge is 2.48. The summed E-state index contributed by atoms with van der Waals surface area (Å²) in [5.41, 5.74) is 0.